The lowest BCUT2D eigenvalue weighted by Gasteiger charge is -2.21. The molecule has 0 bridgehead atoms. The van der Waals surface area contributed by atoms with Crippen LogP contribution in [0.25, 0.3) is 0 Å². The third kappa shape index (κ3) is 9.41. The maximum absolute atomic E-state index is 11.8. The van der Waals surface area contributed by atoms with E-state index >= 15 is 0 Å². The quantitative estimate of drug-likeness (QED) is 0.255. The number of halogens is 1. The van der Waals surface area contributed by atoms with Crippen LogP contribution in [0.3, 0.4) is 0 Å². The van der Waals surface area contributed by atoms with Crippen LogP contribution in [-0.2, 0) is 16.3 Å². The molecular formula is C20H36IN3O4S. The SMILES string of the molecule is CCNC(=NCC(C)(C)S(C)(=O)=O)NCCc1ccc(OCC)c(OCC)c1.I. The Kier molecular flexibility index (Phi) is 12.6. The van der Waals surface area contributed by atoms with Gasteiger partial charge in [-0.2, -0.15) is 0 Å². The standard InChI is InChI=1S/C20H35N3O4S.HI/c1-7-21-19(23-15-20(4,5)28(6,24)25)22-13-12-16-10-11-17(26-8-2)18(14-16)27-9-3;/h10-11,14H,7-9,12-13,15H2,1-6H3,(H2,21,22,23);1H. The van der Waals surface area contributed by atoms with Gasteiger partial charge in [0.15, 0.2) is 27.3 Å². The van der Waals surface area contributed by atoms with E-state index in [9.17, 15) is 8.42 Å². The van der Waals surface area contributed by atoms with E-state index in [1.807, 2.05) is 39.0 Å². The Balaban J connectivity index is 0.00000784. The van der Waals surface area contributed by atoms with Crippen molar-refractivity contribution in [2.24, 2.45) is 4.99 Å². The Bertz CT molecular complexity index is 752. The Morgan fingerprint density at radius 2 is 1.69 bits per heavy atom. The molecule has 168 valence electrons. The molecule has 9 heteroatoms. The van der Waals surface area contributed by atoms with E-state index in [0.29, 0.717) is 32.3 Å². The van der Waals surface area contributed by atoms with E-state index in [1.54, 1.807) is 13.8 Å². The molecule has 1 rings (SSSR count). The highest BCUT2D eigenvalue weighted by Gasteiger charge is 2.29. The van der Waals surface area contributed by atoms with Gasteiger partial charge >= 0.3 is 0 Å². The van der Waals surface area contributed by atoms with Crippen molar-refractivity contribution in [2.75, 3.05) is 39.1 Å². The van der Waals surface area contributed by atoms with E-state index in [-0.39, 0.29) is 30.5 Å². The normalized spacial score (nSPS) is 12.1. The predicted octanol–water partition coefficient (Wildman–Crippen LogP) is 3.02. The first-order valence-electron chi connectivity index (χ1n) is 9.74. The van der Waals surface area contributed by atoms with E-state index < -0.39 is 14.6 Å². The second-order valence-electron chi connectivity index (χ2n) is 7.05. The van der Waals surface area contributed by atoms with Crippen LogP contribution in [0.4, 0.5) is 0 Å². The summed E-state index contributed by atoms with van der Waals surface area (Å²) >= 11 is 0. The zero-order valence-corrected chi connectivity index (χ0v) is 21.5. The molecule has 0 radical (unpaired) electrons. The second-order valence-corrected chi connectivity index (χ2v) is 9.70. The number of guanidine groups is 1. The van der Waals surface area contributed by atoms with Crippen molar-refractivity contribution in [3.8, 4) is 11.5 Å². The first-order chi connectivity index (χ1) is 13.1. The van der Waals surface area contributed by atoms with Gasteiger partial charge in [0, 0.05) is 19.3 Å². The van der Waals surface area contributed by atoms with Crippen LogP contribution in [0.5, 0.6) is 11.5 Å². The van der Waals surface area contributed by atoms with E-state index in [0.717, 1.165) is 23.5 Å². The highest BCUT2D eigenvalue weighted by molar-refractivity contribution is 14.0. The maximum Gasteiger partial charge on any atom is 0.191 e. The van der Waals surface area contributed by atoms with Gasteiger partial charge in [-0.15, -0.1) is 24.0 Å². The number of hydrogen-bond acceptors (Lipinski definition) is 5. The summed E-state index contributed by atoms with van der Waals surface area (Å²) in [5.74, 6) is 2.10. The fourth-order valence-corrected chi connectivity index (χ4v) is 2.60. The summed E-state index contributed by atoms with van der Waals surface area (Å²) in [4.78, 5) is 4.44. The molecule has 0 amide bonds. The molecule has 0 aliphatic rings. The maximum atomic E-state index is 11.8. The van der Waals surface area contributed by atoms with Crippen LogP contribution < -0.4 is 20.1 Å². The monoisotopic (exact) mass is 541 g/mol. The van der Waals surface area contributed by atoms with Crippen LogP contribution >= 0.6 is 24.0 Å². The van der Waals surface area contributed by atoms with Crippen molar-refractivity contribution in [3.63, 3.8) is 0 Å². The van der Waals surface area contributed by atoms with Gasteiger partial charge in [-0.1, -0.05) is 6.07 Å². The van der Waals surface area contributed by atoms with Gasteiger partial charge in [-0.3, -0.25) is 4.99 Å². The first-order valence-corrected chi connectivity index (χ1v) is 11.6. The summed E-state index contributed by atoms with van der Waals surface area (Å²) in [6.45, 7) is 11.9. The molecule has 1 aromatic carbocycles. The third-order valence-corrected chi connectivity index (χ3v) is 6.42. The molecule has 0 aliphatic heterocycles. The Morgan fingerprint density at radius 1 is 1.07 bits per heavy atom. The molecule has 29 heavy (non-hydrogen) atoms. The van der Waals surface area contributed by atoms with Gasteiger partial charge in [-0.25, -0.2) is 8.42 Å². The molecule has 0 fully saturated rings. The Morgan fingerprint density at radius 3 is 2.24 bits per heavy atom. The number of sulfone groups is 1. The highest BCUT2D eigenvalue weighted by Crippen LogP contribution is 2.28. The smallest absolute Gasteiger partial charge is 0.191 e. The van der Waals surface area contributed by atoms with E-state index in [2.05, 4.69) is 15.6 Å². The molecule has 0 aromatic heterocycles. The first kappa shape index (κ1) is 27.8. The molecule has 0 saturated heterocycles. The minimum atomic E-state index is -3.18. The zero-order valence-electron chi connectivity index (χ0n) is 18.4. The average Bonchev–Trinajstić information content (AvgIpc) is 2.61. The summed E-state index contributed by atoms with van der Waals surface area (Å²) < 4.78 is 34.1. The molecule has 1 aromatic rings. The minimum Gasteiger partial charge on any atom is -0.490 e. The number of hydrogen-bond donors (Lipinski definition) is 2. The largest absolute Gasteiger partial charge is 0.490 e. The van der Waals surface area contributed by atoms with Crippen molar-refractivity contribution in [3.05, 3.63) is 23.8 Å². The summed E-state index contributed by atoms with van der Waals surface area (Å²) in [5, 5.41) is 6.41. The van der Waals surface area contributed by atoms with Gasteiger partial charge < -0.3 is 20.1 Å². The number of nitrogens with zero attached hydrogens (tertiary/aromatic N) is 1. The van der Waals surface area contributed by atoms with Crippen LogP contribution in [0, 0.1) is 0 Å². The number of rotatable bonds is 11. The van der Waals surface area contributed by atoms with Crippen molar-refractivity contribution in [2.45, 2.75) is 45.8 Å². The van der Waals surface area contributed by atoms with Crippen LogP contribution in [0.1, 0.15) is 40.2 Å². The van der Waals surface area contributed by atoms with Crippen molar-refractivity contribution >= 4 is 39.8 Å². The van der Waals surface area contributed by atoms with E-state index in [4.69, 9.17) is 9.47 Å². The van der Waals surface area contributed by atoms with Gasteiger partial charge in [0.1, 0.15) is 0 Å². The summed E-state index contributed by atoms with van der Waals surface area (Å²) in [7, 11) is -3.18. The lowest BCUT2D eigenvalue weighted by atomic mass is 10.1. The zero-order chi connectivity index (χ0) is 21.2. The third-order valence-electron chi connectivity index (χ3n) is 4.28. The Hall–Kier alpha value is -1.23. The number of nitrogens with one attached hydrogen (secondary N) is 2. The Labute approximate surface area is 193 Å². The second kappa shape index (κ2) is 13.1. The van der Waals surface area contributed by atoms with E-state index in [1.165, 1.54) is 6.26 Å². The molecule has 0 unspecified atom stereocenters. The molecule has 0 aliphatic carbocycles. The lowest BCUT2D eigenvalue weighted by Crippen LogP contribution is -2.41. The predicted molar refractivity (Wildman–Crippen MR) is 131 cm³/mol. The van der Waals surface area contributed by atoms with Crippen molar-refractivity contribution in [1.29, 1.82) is 0 Å². The fourth-order valence-electron chi connectivity index (χ4n) is 2.30. The minimum absolute atomic E-state index is 0. The van der Waals surface area contributed by atoms with Crippen molar-refractivity contribution in [1.82, 2.24) is 10.6 Å². The molecule has 0 spiro atoms. The lowest BCUT2D eigenvalue weighted by molar-refractivity contribution is 0.287. The van der Waals surface area contributed by atoms with Gasteiger partial charge in [0.25, 0.3) is 0 Å². The fraction of sp³-hybridized carbons (Fsp3) is 0.650. The van der Waals surface area contributed by atoms with Gasteiger partial charge in [-0.05, 0) is 58.7 Å². The van der Waals surface area contributed by atoms with Gasteiger partial charge in [0.05, 0.1) is 24.5 Å². The van der Waals surface area contributed by atoms with Crippen LogP contribution in [0.15, 0.2) is 23.2 Å². The number of benzene rings is 1. The number of ether oxygens (including phenoxy) is 2. The highest BCUT2D eigenvalue weighted by atomic mass is 127. The van der Waals surface area contributed by atoms with Gasteiger partial charge in [0.2, 0.25) is 0 Å². The molecule has 7 nitrogen and oxygen atoms in total. The topological polar surface area (TPSA) is 89.0 Å². The summed E-state index contributed by atoms with van der Waals surface area (Å²) in [5.41, 5.74) is 1.12. The molecule has 0 saturated carbocycles. The number of aliphatic imine (C=N–C) groups is 1. The van der Waals surface area contributed by atoms with Crippen molar-refractivity contribution < 1.29 is 17.9 Å². The summed E-state index contributed by atoms with van der Waals surface area (Å²) in [6, 6.07) is 5.94. The molecule has 2 N–H and O–H groups in total. The average molecular weight is 541 g/mol. The summed E-state index contributed by atoms with van der Waals surface area (Å²) in [6.07, 6.45) is 2.01. The van der Waals surface area contributed by atoms with Crippen LogP contribution in [0.2, 0.25) is 0 Å². The molecule has 0 heterocycles. The van der Waals surface area contributed by atoms with Crippen LogP contribution in [-0.4, -0.2) is 58.2 Å². The molecular weight excluding hydrogens is 505 g/mol. The molecule has 0 atom stereocenters.